The number of aromatic carboxylic acids is 1. The SMILES string of the molecule is O=C(O)c1ccc(O)cc1.c1ccc(CCc2ccccc2)cc1. The van der Waals surface area contributed by atoms with Gasteiger partial charge >= 0.3 is 5.97 Å². The van der Waals surface area contributed by atoms with Gasteiger partial charge in [-0.3, -0.25) is 0 Å². The number of phenols is 1. The Morgan fingerprint density at radius 1 is 0.667 bits per heavy atom. The highest BCUT2D eigenvalue weighted by Crippen LogP contribution is 2.09. The quantitative estimate of drug-likeness (QED) is 0.741. The van der Waals surface area contributed by atoms with Gasteiger partial charge in [-0.1, -0.05) is 60.7 Å². The molecule has 0 fully saturated rings. The summed E-state index contributed by atoms with van der Waals surface area (Å²) in [7, 11) is 0. The van der Waals surface area contributed by atoms with Gasteiger partial charge in [0, 0.05) is 0 Å². The molecule has 3 aromatic carbocycles. The van der Waals surface area contributed by atoms with E-state index in [1.807, 2.05) is 0 Å². The van der Waals surface area contributed by atoms with Gasteiger partial charge in [0.15, 0.2) is 0 Å². The summed E-state index contributed by atoms with van der Waals surface area (Å²) >= 11 is 0. The molecule has 3 aromatic rings. The van der Waals surface area contributed by atoms with Gasteiger partial charge in [-0.2, -0.15) is 0 Å². The Bertz CT molecular complexity index is 696. The maximum atomic E-state index is 10.2. The van der Waals surface area contributed by atoms with Crippen LogP contribution in [0.4, 0.5) is 0 Å². The van der Waals surface area contributed by atoms with E-state index in [1.54, 1.807) is 0 Å². The van der Waals surface area contributed by atoms with Crippen molar-refractivity contribution < 1.29 is 15.0 Å². The third kappa shape index (κ3) is 5.97. The molecule has 0 unspecified atom stereocenters. The zero-order chi connectivity index (χ0) is 17.2. The second-order valence-corrected chi connectivity index (χ2v) is 5.32. The van der Waals surface area contributed by atoms with Crippen molar-refractivity contribution in [3.8, 4) is 5.75 Å². The van der Waals surface area contributed by atoms with Crippen LogP contribution < -0.4 is 0 Å². The molecule has 0 aliphatic heterocycles. The molecular weight excluding hydrogens is 300 g/mol. The summed E-state index contributed by atoms with van der Waals surface area (Å²) in [5.74, 6) is -0.912. The van der Waals surface area contributed by atoms with E-state index in [9.17, 15) is 4.79 Å². The Kier molecular flexibility index (Phi) is 6.59. The minimum Gasteiger partial charge on any atom is -0.508 e. The summed E-state index contributed by atoms with van der Waals surface area (Å²) in [4.78, 5) is 10.2. The lowest BCUT2D eigenvalue weighted by Gasteiger charge is -2.01. The van der Waals surface area contributed by atoms with Gasteiger partial charge < -0.3 is 10.2 Å². The molecular formula is C21H20O3. The third-order valence-corrected chi connectivity index (χ3v) is 3.50. The molecule has 0 aliphatic rings. The Labute approximate surface area is 141 Å². The van der Waals surface area contributed by atoms with E-state index in [0.717, 1.165) is 12.8 Å². The Hall–Kier alpha value is -3.07. The monoisotopic (exact) mass is 320 g/mol. The number of benzene rings is 3. The third-order valence-electron chi connectivity index (χ3n) is 3.50. The number of phenolic OH excluding ortho intramolecular Hbond substituents is 1. The van der Waals surface area contributed by atoms with Crippen molar-refractivity contribution in [2.45, 2.75) is 12.8 Å². The van der Waals surface area contributed by atoms with Crippen molar-refractivity contribution in [2.24, 2.45) is 0 Å². The topological polar surface area (TPSA) is 57.5 Å². The average molecular weight is 320 g/mol. The van der Waals surface area contributed by atoms with Crippen LogP contribution >= 0.6 is 0 Å². The van der Waals surface area contributed by atoms with Crippen LogP contribution in [0.3, 0.4) is 0 Å². The molecule has 0 radical (unpaired) electrons. The lowest BCUT2D eigenvalue weighted by Crippen LogP contribution is -1.93. The molecule has 122 valence electrons. The number of aromatic hydroxyl groups is 1. The van der Waals surface area contributed by atoms with Gasteiger partial charge in [-0.05, 0) is 48.2 Å². The van der Waals surface area contributed by atoms with E-state index < -0.39 is 5.97 Å². The van der Waals surface area contributed by atoms with Gasteiger partial charge in [0.05, 0.1) is 5.56 Å². The second kappa shape index (κ2) is 9.16. The lowest BCUT2D eigenvalue weighted by molar-refractivity contribution is 0.0697. The summed E-state index contributed by atoms with van der Waals surface area (Å²) in [5, 5.41) is 17.1. The number of carboxylic acid groups (broad SMARTS) is 1. The highest BCUT2D eigenvalue weighted by Gasteiger charge is 1.99. The molecule has 0 heterocycles. The molecule has 3 heteroatoms. The molecule has 0 spiro atoms. The van der Waals surface area contributed by atoms with E-state index in [1.165, 1.54) is 35.4 Å². The van der Waals surface area contributed by atoms with E-state index in [2.05, 4.69) is 60.7 Å². The van der Waals surface area contributed by atoms with Gasteiger partial charge in [0.2, 0.25) is 0 Å². The minimum atomic E-state index is -0.986. The number of hydrogen-bond acceptors (Lipinski definition) is 2. The van der Waals surface area contributed by atoms with E-state index >= 15 is 0 Å². The van der Waals surface area contributed by atoms with Crippen LogP contribution in [0.5, 0.6) is 5.75 Å². The molecule has 24 heavy (non-hydrogen) atoms. The highest BCUT2D eigenvalue weighted by molar-refractivity contribution is 5.87. The highest BCUT2D eigenvalue weighted by atomic mass is 16.4. The first-order valence-corrected chi connectivity index (χ1v) is 7.75. The molecule has 0 saturated carbocycles. The predicted molar refractivity (Wildman–Crippen MR) is 95.4 cm³/mol. The molecule has 0 aliphatic carbocycles. The van der Waals surface area contributed by atoms with Crippen molar-refractivity contribution in [3.63, 3.8) is 0 Å². The van der Waals surface area contributed by atoms with Gasteiger partial charge in [0.1, 0.15) is 5.75 Å². The molecule has 0 aromatic heterocycles. The van der Waals surface area contributed by atoms with Crippen LogP contribution in [0.15, 0.2) is 84.9 Å². The fourth-order valence-corrected chi connectivity index (χ4v) is 2.18. The maximum Gasteiger partial charge on any atom is 0.335 e. The first-order chi connectivity index (χ1) is 11.6. The number of carbonyl (C=O) groups is 1. The summed E-state index contributed by atoms with van der Waals surface area (Å²) in [5.41, 5.74) is 3.01. The number of carboxylic acids is 1. The van der Waals surface area contributed by atoms with E-state index in [4.69, 9.17) is 10.2 Å². The van der Waals surface area contributed by atoms with Crippen molar-refractivity contribution in [3.05, 3.63) is 102 Å². The fourth-order valence-electron chi connectivity index (χ4n) is 2.18. The normalized spacial score (nSPS) is 9.67. The summed E-state index contributed by atoms with van der Waals surface area (Å²) in [6.45, 7) is 0. The molecule has 3 nitrogen and oxygen atoms in total. The predicted octanol–water partition coefficient (Wildman–Crippen LogP) is 4.56. The lowest BCUT2D eigenvalue weighted by atomic mass is 10.0. The number of rotatable bonds is 4. The van der Waals surface area contributed by atoms with Crippen molar-refractivity contribution in [1.29, 1.82) is 0 Å². The standard InChI is InChI=1S/C14H14.C7H6O3/c1-3-7-13(8-4-1)11-12-14-9-5-2-6-10-14;8-6-3-1-5(2-4-6)7(9)10/h1-10H,11-12H2;1-4,8H,(H,9,10). The molecule has 0 atom stereocenters. The van der Waals surface area contributed by atoms with Crippen LogP contribution in [0.1, 0.15) is 21.5 Å². The Morgan fingerprint density at radius 2 is 1.08 bits per heavy atom. The average Bonchev–Trinajstić information content (AvgIpc) is 2.63. The van der Waals surface area contributed by atoms with E-state index in [-0.39, 0.29) is 11.3 Å². The van der Waals surface area contributed by atoms with Gasteiger partial charge in [0.25, 0.3) is 0 Å². The molecule has 0 amide bonds. The van der Waals surface area contributed by atoms with Crippen molar-refractivity contribution in [2.75, 3.05) is 0 Å². The second-order valence-electron chi connectivity index (χ2n) is 5.32. The first-order valence-electron chi connectivity index (χ1n) is 7.75. The summed E-state index contributed by atoms with van der Waals surface area (Å²) < 4.78 is 0. The first kappa shape index (κ1) is 17.3. The Morgan fingerprint density at radius 3 is 1.46 bits per heavy atom. The van der Waals surface area contributed by atoms with Crippen LogP contribution in [0.2, 0.25) is 0 Å². The molecule has 3 rings (SSSR count). The molecule has 0 saturated heterocycles. The maximum absolute atomic E-state index is 10.2. The van der Waals surface area contributed by atoms with Crippen LogP contribution in [0, 0.1) is 0 Å². The van der Waals surface area contributed by atoms with Crippen LogP contribution in [0.25, 0.3) is 0 Å². The Balaban J connectivity index is 0.000000185. The van der Waals surface area contributed by atoms with E-state index in [0.29, 0.717) is 0 Å². The zero-order valence-corrected chi connectivity index (χ0v) is 13.3. The molecule has 2 N–H and O–H groups in total. The minimum absolute atomic E-state index is 0.0741. The van der Waals surface area contributed by atoms with Crippen LogP contribution in [-0.4, -0.2) is 16.2 Å². The van der Waals surface area contributed by atoms with Gasteiger partial charge in [-0.25, -0.2) is 4.79 Å². The van der Waals surface area contributed by atoms with Gasteiger partial charge in [-0.15, -0.1) is 0 Å². The zero-order valence-electron chi connectivity index (χ0n) is 13.3. The summed E-state index contributed by atoms with van der Waals surface area (Å²) in [6.07, 6.45) is 2.26. The smallest absolute Gasteiger partial charge is 0.335 e. The van der Waals surface area contributed by atoms with Crippen molar-refractivity contribution in [1.82, 2.24) is 0 Å². The number of hydrogen-bond donors (Lipinski definition) is 2. The molecule has 0 bridgehead atoms. The largest absolute Gasteiger partial charge is 0.508 e. The number of aryl methyl sites for hydroxylation is 2. The van der Waals surface area contributed by atoms with Crippen LogP contribution in [-0.2, 0) is 12.8 Å². The van der Waals surface area contributed by atoms with Crippen molar-refractivity contribution >= 4 is 5.97 Å². The summed E-state index contributed by atoms with van der Waals surface area (Å²) in [6, 6.07) is 26.6. The fraction of sp³-hybridized carbons (Fsp3) is 0.0952.